The summed E-state index contributed by atoms with van der Waals surface area (Å²) in [6.07, 6.45) is 1.76. The molecule has 3 heteroatoms. The SMILES string of the molecule is NCc1ccccc1Nc1ccccn1. The van der Waals surface area contributed by atoms with Crippen molar-refractivity contribution in [2.24, 2.45) is 5.73 Å². The van der Waals surface area contributed by atoms with Crippen molar-refractivity contribution in [1.82, 2.24) is 4.98 Å². The maximum absolute atomic E-state index is 5.64. The number of nitrogens with two attached hydrogens (primary N) is 1. The first-order chi connectivity index (χ1) is 7.40. The molecule has 0 bridgehead atoms. The summed E-state index contributed by atoms with van der Waals surface area (Å²) >= 11 is 0. The summed E-state index contributed by atoms with van der Waals surface area (Å²) in [6.45, 7) is 0.524. The lowest BCUT2D eigenvalue weighted by atomic mass is 10.2. The van der Waals surface area contributed by atoms with E-state index in [1.165, 1.54) is 0 Å². The van der Waals surface area contributed by atoms with Gasteiger partial charge in [0.05, 0.1) is 0 Å². The molecule has 0 aliphatic carbocycles. The number of aromatic nitrogens is 1. The van der Waals surface area contributed by atoms with E-state index in [0.717, 1.165) is 17.1 Å². The van der Waals surface area contributed by atoms with Gasteiger partial charge in [0.1, 0.15) is 5.82 Å². The van der Waals surface area contributed by atoms with Crippen LogP contribution in [0.4, 0.5) is 11.5 Å². The molecule has 2 aromatic rings. The number of anilines is 2. The summed E-state index contributed by atoms with van der Waals surface area (Å²) in [5, 5.41) is 3.23. The Morgan fingerprint density at radius 3 is 2.60 bits per heavy atom. The molecule has 1 heterocycles. The van der Waals surface area contributed by atoms with Gasteiger partial charge >= 0.3 is 0 Å². The quantitative estimate of drug-likeness (QED) is 0.797. The second kappa shape index (κ2) is 4.57. The molecule has 0 saturated carbocycles. The van der Waals surface area contributed by atoms with Crippen molar-refractivity contribution in [1.29, 1.82) is 0 Å². The summed E-state index contributed by atoms with van der Waals surface area (Å²) in [7, 11) is 0. The van der Waals surface area contributed by atoms with E-state index in [2.05, 4.69) is 10.3 Å². The van der Waals surface area contributed by atoms with Crippen molar-refractivity contribution < 1.29 is 0 Å². The minimum Gasteiger partial charge on any atom is -0.340 e. The topological polar surface area (TPSA) is 50.9 Å². The summed E-state index contributed by atoms with van der Waals surface area (Å²) in [4.78, 5) is 4.20. The number of para-hydroxylation sites is 1. The third kappa shape index (κ3) is 2.33. The van der Waals surface area contributed by atoms with Gasteiger partial charge in [-0.25, -0.2) is 4.98 Å². The van der Waals surface area contributed by atoms with Gasteiger partial charge in [-0.1, -0.05) is 24.3 Å². The Balaban J connectivity index is 2.24. The van der Waals surface area contributed by atoms with E-state index in [4.69, 9.17) is 5.73 Å². The first kappa shape index (κ1) is 9.68. The van der Waals surface area contributed by atoms with E-state index in [1.54, 1.807) is 6.20 Å². The molecule has 0 radical (unpaired) electrons. The van der Waals surface area contributed by atoms with Crippen LogP contribution in [-0.4, -0.2) is 4.98 Å². The van der Waals surface area contributed by atoms with Crippen molar-refractivity contribution >= 4 is 11.5 Å². The molecule has 15 heavy (non-hydrogen) atoms. The van der Waals surface area contributed by atoms with E-state index in [1.807, 2.05) is 42.5 Å². The van der Waals surface area contributed by atoms with Gasteiger partial charge in [0.2, 0.25) is 0 Å². The van der Waals surface area contributed by atoms with Gasteiger partial charge in [-0.15, -0.1) is 0 Å². The Morgan fingerprint density at radius 2 is 1.87 bits per heavy atom. The maximum Gasteiger partial charge on any atom is 0.130 e. The molecule has 3 nitrogen and oxygen atoms in total. The molecule has 0 aliphatic heterocycles. The first-order valence-corrected chi connectivity index (χ1v) is 4.86. The molecule has 0 aliphatic rings. The van der Waals surface area contributed by atoms with Crippen LogP contribution in [0.5, 0.6) is 0 Å². The zero-order chi connectivity index (χ0) is 10.5. The Kier molecular flexibility index (Phi) is 2.95. The van der Waals surface area contributed by atoms with Crippen molar-refractivity contribution in [3.8, 4) is 0 Å². The summed E-state index contributed by atoms with van der Waals surface area (Å²) in [5.74, 6) is 0.832. The van der Waals surface area contributed by atoms with Crippen LogP contribution in [0.15, 0.2) is 48.7 Å². The van der Waals surface area contributed by atoms with Crippen LogP contribution in [0, 0.1) is 0 Å². The van der Waals surface area contributed by atoms with Crippen LogP contribution >= 0.6 is 0 Å². The highest BCUT2D eigenvalue weighted by Crippen LogP contribution is 2.18. The van der Waals surface area contributed by atoms with E-state index in [-0.39, 0.29) is 0 Å². The van der Waals surface area contributed by atoms with Crippen molar-refractivity contribution in [2.45, 2.75) is 6.54 Å². The van der Waals surface area contributed by atoms with E-state index in [9.17, 15) is 0 Å². The lowest BCUT2D eigenvalue weighted by Crippen LogP contribution is -2.02. The fourth-order valence-electron chi connectivity index (χ4n) is 1.39. The van der Waals surface area contributed by atoms with E-state index >= 15 is 0 Å². The molecule has 0 fully saturated rings. The molecule has 1 aromatic carbocycles. The lowest BCUT2D eigenvalue weighted by molar-refractivity contribution is 1.07. The Hall–Kier alpha value is -1.87. The Bertz CT molecular complexity index is 426. The number of nitrogens with zero attached hydrogens (tertiary/aromatic N) is 1. The predicted octanol–water partition coefficient (Wildman–Crippen LogP) is 2.28. The first-order valence-electron chi connectivity index (χ1n) is 4.86. The molecule has 76 valence electrons. The van der Waals surface area contributed by atoms with Gasteiger partial charge in [0, 0.05) is 18.4 Å². The van der Waals surface area contributed by atoms with Crippen LogP contribution in [0.2, 0.25) is 0 Å². The molecule has 1 aromatic heterocycles. The molecular weight excluding hydrogens is 186 g/mol. The van der Waals surface area contributed by atoms with E-state index < -0.39 is 0 Å². The predicted molar refractivity (Wildman–Crippen MR) is 61.9 cm³/mol. The van der Waals surface area contributed by atoms with Crippen LogP contribution in [0.1, 0.15) is 5.56 Å². The molecule has 2 rings (SSSR count). The molecular formula is C12H13N3. The van der Waals surface area contributed by atoms with Crippen molar-refractivity contribution in [2.75, 3.05) is 5.32 Å². The molecule has 0 atom stereocenters. The van der Waals surface area contributed by atoms with Crippen LogP contribution in [0.3, 0.4) is 0 Å². The highest BCUT2D eigenvalue weighted by Gasteiger charge is 1.99. The Labute approximate surface area is 89.0 Å². The van der Waals surface area contributed by atoms with Gasteiger partial charge in [0.15, 0.2) is 0 Å². The van der Waals surface area contributed by atoms with Crippen LogP contribution in [0.25, 0.3) is 0 Å². The highest BCUT2D eigenvalue weighted by atomic mass is 15.0. The van der Waals surface area contributed by atoms with Crippen LogP contribution < -0.4 is 11.1 Å². The third-order valence-electron chi connectivity index (χ3n) is 2.16. The number of rotatable bonds is 3. The minimum absolute atomic E-state index is 0.524. The lowest BCUT2D eigenvalue weighted by Gasteiger charge is -2.09. The number of hydrogen-bond acceptors (Lipinski definition) is 3. The third-order valence-corrected chi connectivity index (χ3v) is 2.16. The smallest absolute Gasteiger partial charge is 0.130 e. The van der Waals surface area contributed by atoms with Gasteiger partial charge in [-0.05, 0) is 23.8 Å². The molecule has 0 unspecified atom stereocenters. The Morgan fingerprint density at radius 1 is 1.07 bits per heavy atom. The largest absolute Gasteiger partial charge is 0.340 e. The van der Waals surface area contributed by atoms with Gasteiger partial charge in [0.25, 0.3) is 0 Å². The molecule has 0 saturated heterocycles. The van der Waals surface area contributed by atoms with Crippen LogP contribution in [-0.2, 0) is 6.54 Å². The van der Waals surface area contributed by atoms with Crippen molar-refractivity contribution in [3.05, 3.63) is 54.2 Å². The zero-order valence-electron chi connectivity index (χ0n) is 8.35. The number of benzene rings is 1. The number of hydrogen-bond donors (Lipinski definition) is 2. The zero-order valence-corrected chi connectivity index (χ0v) is 8.35. The molecule has 0 amide bonds. The normalized spacial score (nSPS) is 9.93. The fraction of sp³-hybridized carbons (Fsp3) is 0.0833. The second-order valence-corrected chi connectivity index (χ2v) is 3.20. The summed E-state index contributed by atoms with van der Waals surface area (Å²) < 4.78 is 0. The van der Waals surface area contributed by atoms with Crippen molar-refractivity contribution in [3.63, 3.8) is 0 Å². The molecule has 3 N–H and O–H groups in total. The van der Waals surface area contributed by atoms with Gasteiger partial charge < -0.3 is 11.1 Å². The van der Waals surface area contributed by atoms with Gasteiger partial charge in [-0.3, -0.25) is 0 Å². The second-order valence-electron chi connectivity index (χ2n) is 3.20. The average molecular weight is 199 g/mol. The summed E-state index contributed by atoms with van der Waals surface area (Å²) in [6, 6.07) is 13.7. The van der Waals surface area contributed by atoms with Gasteiger partial charge in [-0.2, -0.15) is 0 Å². The maximum atomic E-state index is 5.64. The average Bonchev–Trinajstić information content (AvgIpc) is 2.31. The highest BCUT2D eigenvalue weighted by molar-refractivity contribution is 5.60. The molecule has 0 spiro atoms. The number of nitrogens with one attached hydrogen (secondary N) is 1. The van der Waals surface area contributed by atoms with E-state index in [0.29, 0.717) is 6.54 Å². The fourth-order valence-corrected chi connectivity index (χ4v) is 1.39. The minimum atomic E-state index is 0.524. The standard InChI is InChI=1S/C12H13N3/c13-9-10-5-1-2-6-11(10)15-12-7-3-4-8-14-12/h1-8H,9,13H2,(H,14,15). The number of pyridine rings is 1. The summed E-state index contributed by atoms with van der Waals surface area (Å²) in [5.41, 5.74) is 7.74. The monoisotopic (exact) mass is 199 g/mol.